The average Bonchev–Trinajstić information content (AvgIpc) is 2.74. The number of aromatic nitrogens is 3. The quantitative estimate of drug-likeness (QED) is 0.578. The van der Waals surface area contributed by atoms with E-state index in [0.717, 1.165) is 16.8 Å². The van der Waals surface area contributed by atoms with Crippen LogP contribution in [0.4, 0.5) is 10.1 Å². The standard InChI is InChI=1S/C22H15FN4O/c23-16-12-10-15(11-13-16)20-24-18-9-5-4-8-17(18)21-25-22(28)19(26-27(20)21)14-6-2-1-3-7-14/h1-13,20,24H/t20-/m1/s1. The molecule has 5 nitrogen and oxygen atoms in total. The van der Waals surface area contributed by atoms with Crippen molar-refractivity contribution in [2.75, 3.05) is 5.32 Å². The molecular formula is C22H15FN4O. The highest BCUT2D eigenvalue weighted by Crippen LogP contribution is 2.36. The number of hydrogen-bond donors (Lipinski definition) is 1. The summed E-state index contributed by atoms with van der Waals surface area (Å²) in [5.41, 5.74) is 3.05. The minimum atomic E-state index is -0.416. The van der Waals surface area contributed by atoms with Gasteiger partial charge in [0.1, 0.15) is 12.0 Å². The molecule has 2 heterocycles. The van der Waals surface area contributed by atoms with Gasteiger partial charge in [0.05, 0.1) is 0 Å². The summed E-state index contributed by atoms with van der Waals surface area (Å²) in [6, 6.07) is 23.1. The fraction of sp³-hybridized carbons (Fsp3) is 0.0455. The van der Waals surface area contributed by atoms with Crippen LogP contribution in [-0.2, 0) is 0 Å². The maximum atomic E-state index is 13.4. The van der Waals surface area contributed by atoms with Gasteiger partial charge in [0.25, 0.3) is 5.56 Å². The van der Waals surface area contributed by atoms with Gasteiger partial charge < -0.3 is 5.32 Å². The number of benzene rings is 3. The molecule has 0 saturated carbocycles. The first kappa shape index (κ1) is 16.4. The lowest BCUT2D eigenvalue weighted by atomic mass is 10.1. The number of nitrogens with one attached hydrogen (secondary N) is 1. The molecular weight excluding hydrogens is 355 g/mol. The number of fused-ring (bicyclic) bond motifs is 3. The summed E-state index contributed by atoms with van der Waals surface area (Å²) in [6.07, 6.45) is -0.416. The number of rotatable bonds is 2. The maximum absolute atomic E-state index is 13.4. The van der Waals surface area contributed by atoms with Crippen molar-refractivity contribution < 1.29 is 4.39 Å². The summed E-state index contributed by atoms with van der Waals surface area (Å²) in [6.45, 7) is 0. The van der Waals surface area contributed by atoms with Crippen LogP contribution in [0.3, 0.4) is 0 Å². The molecule has 0 aliphatic carbocycles. The maximum Gasteiger partial charge on any atom is 0.300 e. The van der Waals surface area contributed by atoms with Gasteiger partial charge in [-0.05, 0) is 29.8 Å². The summed E-state index contributed by atoms with van der Waals surface area (Å²) in [4.78, 5) is 17.1. The number of nitrogens with zero attached hydrogens (tertiary/aromatic N) is 3. The number of anilines is 1. The first-order valence-corrected chi connectivity index (χ1v) is 8.88. The van der Waals surface area contributed by atoms with E-state index in [4.69, 9.17) is 0 Å². The average molecular weight is 370 g/mol. The summed E-state index contributed by atoms with van der Waals surface area (Å²) in [5.74, 6) is 0.171. The Labute approximate surface area is 160 Å². The third-order valence-electron chi connectivity index (χ3n) is 4.77. The zero-order chi connectivity index (χ0) is 19.1. The second-order valence-corrected chi connectivity index (χ2v) is 6.54. The van der Waals surface area contributed by atoms with Crippen LogP contribution in [-0.4, -0.2) is 14.8 Å². The van der Waals surface area contributed by atoms with Crippen molar-refractivity contribution in [1.82, 2.24) is 14.8 Å². The molecule has 4 aromatic rings. The van der Waals surface area contributed by atoms with Gasteiger partial charge in [0, 0.05) is 16.8 Å². The first-order chi connectivity index (χ1) is 13.7. The van der Waals surface area contributed by atoms with E-state index in [1.807, 2.05) is 54.6 Å². The molecule has 0 bridgehead atoms. The van der Waals surface area contributed by atoms with Crippen molar-refractivity contribution in [2.24, 2.45) is 0 Å². The third-order valence-corrected chi connectivity index (χ3v) is 4.77. The molecule has 28 heavy (non-hydrogen) atoms. The van der Waals surface area contributed by atoms with Gasteiger partial charge in [-0.1, -0.05) is 54.6 Å². The van der Waals surface area contributed by atoms with Crippen molar-refractivity contribution in [2.45, 2.75) is 6.17 Å². The van der Waals surface area contributed by atoms with Crippen LogP contribution in [0.25, 0.3) is 22.6 Å². The predicted octanol–water partition coefficient (Wildman–Crippen LogP) is 4.08. The van der Waals surface area contributed by atoms with Crippen molar-refractivity contribution in [3.8, 4) is 22.6 Å². The molecule has 1 aliphatic heterocycles. The molecule has 5 rings (SSSR count). The van der Waals surface area contributed by atoms with E-state index in [1.54, 1.807) is 16.8 Å². The van der Waals surface area contributed by atoms with Crippen LogP contribution < -0.4 is 10.9 Å². The van der Waals surface area contributed by atoms with E-state index in [9.17, 15) is 9.18 Å². The number of para-hydroxylation sites is 1. The lowest BCUT2D eigenvalue weighted by Gasteiger charge is -2.30. The Balaban J connectivity index is 1.76. The topological polar surface area (TPSA) is 59.8 Å². The van der Waals surface area contributed by atoms with E-state index >= 15 is 0 Å². The Kier molecular flexibility index (Phi) is 3.76. The Morgan fingerprint density at radius 1 is 0.893 bits per heavy atom. The van der Waals surface area contributed by atoms with Crippen molar-refractivity contribution in [1.29, 1.82) is 0 Å². The van der Waals surface area contributed by atoms with E-state index in [-0.39, 0.29) is 17.1 Å². The molecule has 1 aromatic heterocycles. The molecule has 136 valence electrons. The summed E-state index contributed by atoms with van der Waals surface area (Å²) in [7, 11) is 0. The molecule has 1 N–H and O–H groups in total. The Bertz CT molecular complexity index is 1220. The molecule has 1 aliphatic rings. The highest BCUT2D eigenvalue weighted by molar-refractivity contribution is 5.76. The summed E-state index contributed by atoms with van der Waals surface area (Å²) < 4.78 is 15.1. The zero-order valence-corrected chi connectivity index (χ0v) is 14.7. The summed E-state index contributed by atoms with van der Waals surface area (Å²) in [5, 5.41) is 8.07. The Morgan fingerprint density at radius 2 is 1.61 bits per heavy atom. The van der Waals surface area contributed by atoms with Crippen LogP contribution in [0.5, 0.6) is 0 Å². The molecule has 0 amide bonds. The molecule has 0 spiro atoms. The van der Waals surface area contributed by atoms with Crippen molar-refractivity contribution in [3.05, 3.63) is 101 Å². The predicted molar refractivity (Wildman–Crippen MR) is 105 cm³/mol. The highest BCUT2D eigenvalue weighted by atomic mass is 19.1. The monoisotopic (exact) mass is 370 g/mol. The number of halogens is 1. The van der Waals surface area contributed by atoms with E-state index in [1.165, 1.54) is 12.1 Å². The van der Waals surface area contributed by atoms with E-state index < -0.39 is 6.17 Å². The van der Waals surface area contributed by atoms with Gasteiger partial charge in [-0.25, -0.2) is 9.07 Å². The van der Waals surface area contributed by atoms with Crippen molar-refractivity contribution >= 4 is 5.69 Å². The van der Waals surface area contributed by atoms with Crippen LogP contribution in [0.2, 0.25) is 0 Å². The second kappa shape index (κ2) is 6.42. The van der Waals surface area contributed by atoms with Crippen molar-refractivity contribution in [3.63, 3.8) is 0 Å². The Morgan fingerprint density at radius 3 is 2.39 bits per heavy atom. The van der Waals surface area contributed by atoms with Gasteiger partial charge in [0.2, 0.25) is 0 Å². The van der Waals surface area contributed by atoms with Crippen LogP contribution in [0.1, 0.15) is 11.7 Å². The van der Waals surface area contributed by atoms with Crippen LogP contribution in [0, 0.1) is 5.82 Å². The number of hydrogen-bond acceptors (Lipinski definition) is 4. The van der Waals surface area contributed by atoms with Gasteiger partial charge >= 0.3 is 0 Å². The Hall–Kier alpha value is -3.80. The normalized spacial score (nSPS) is 14.7. The van der Waals surface area contributed by atoms with Gasteiger partial charge in [0.15, 0.2) is 11.5 Å². The third kappa shape index (κ3) is 2.66. The second-order valence-electron chi connectivity index (χ2n) is 6.54. The first-order valence-electron chi connectivity index (χ1n) is 8.88. The summed E-state index contributed by atoms with van der Waals surface area (Å²) >= 11 is 0. The molecule has 0 fully saturated rings. The van der Waals surface area contributed by atoms with E-state index in [0.29, 0.717) is 11.4 Å². The lowest BCUT2D eigenvalue weighted by Crippen LogP contribution is -2.32. The smallest absolute Gasteiger partial charge is 0.300 e. The molecule has 3 aromatic carbocycles. The van der Waals surface area contributed by atoms with Crippen LogP contribution >= 0.6 is 0 Å². The molecule has 0 saturated heterocycles. The SMILES string of the molecule is O=c1nc2n(nc1-c1ccccc1)[C@H](c1ccc(F)cc1)Nc1ccccc1-2. The highest BCUT2D eigenvalue weighted by Gasteiger charge is 2.27. The zero-order valence-electron chi connectivity index (χ0n) is 14.7. The largest absolute Gasteiger partial charge is 0.359 e. The van der Waals surface area contributed by atoms with Gasteiger partial charge in [-0.3, -0.25) is 4.79 Å². The minimum absolute atomic E-state index is 0.276. The van der Waals surface area contributed by atoms with E-state index in [2.05, 4.69) is 15.4 Å². The molecule has 6 heteroatoms. The fourth-order valence-corrected chi connectivity index (χ4v) is 3.42. The molecule has 1 atom stereocenters. The molecule has 0 radical (unpaired) electrons. The lowest BCUT2D eigenvalue weighted by molar-refractivity contribution is 0.547. The minimum Gasteiger partial charge on any atom is -0.359 e. The van der Waals surface area contributed by atoms with Crippen LogP contribution in [0.15, 0.2) is 83.7 Å². The molecule has 0 unspecified atom stereocenters. The fourth-order valence-electron chi connectivity index (χ4n) is 3.42. The van der Waals surface area contributed by atoms with Gasteiger partial charge in [-0.2, -0.15) is 10.1 Å². The van der Waals surface area contributed by atoms with Gasteiger partial charge in [-0.15, -0.1) is 0 Å².